The van der Waals surface area contributed by atoms with E-state index in [2.05, 4.69) is 79.2 Å². The maximum atomic E-state index is 6.06. The average molecular weight is 324 g/mol. The van der Waals surface area contributed by atoms with Crippen molar-refractivity contribution < 1.29 is 9.30 Å². The van der Waals surface area contributed by atoms with Gasteiger partial charge in [-0.25, -0.2) is 0 Å². The van der Waals surface area contributed by atoms with Crippen LogP contribution in [0.25, 0.3) is 32.8 Å². The van der Waals surface area contributed by atoms with Crippen molar-refractivity contribution in [2.45, 2.75) is 26.0 Å². The maximum absolute atomic E-state index is 6.06. The van der Waals surface area contributed by atoms with Crippen LogP contribution in [0.15, 0.2) is 60.8 Å². The third kappa shape index (κ3) is 1.53. The first-order valence-corrected chi connectivity index (χ1v) is 8.81. The number of aromatic nitrogens is 1. The van der Waals surface area contributed by atoms with E-state index in [0.717, 1.165) is 5.75 Å². The fourth-order valence-corrected chi connectivity index (χ4v) is 4.78. The highest BCUT2D eigenvalue weighted by molar-refractivity contribution is 6.03. The number of pyridine rings is 1. The van der Waals surface area contributed by atoms with Crippen molar-refractivity contribution in [3.8, 4) is 17.0 Å². The summed E-state index contributed by atoms with van der Waals surface area (Å²) in [7, 11) is 0. The number of hydrogen-bond acceptors (Lipinski definition) is 1. The van der Waals surface area contributed by atoms with Crippen LogP contribution in [0.2, 0.25) is 0 Å². The summed E-state index contributed by atoms with van der Waals surface area (Å²) < 4.78 is 8.34. The molecule has 1 aromatic heterocycles. The highest BCUT2D eigenvalue weighted by Crippen LogP contribution is 2.53. The fourth-order valence-electron chi connectivity index (χ4n) is 4.78. The molecular weight excluding hydrogens is 306 g/mol. The van der Waals surface area contributed by atoms with E-state index < -0.39 is 0 Å². The standard InChI is InChI=1S/C23H18NO/c1-23(2)18-8-5-9-19-20(18)22-21(23)17-11-15-7-4-3-6-14(15)10-16(17)12-24(22)13-25-19/h3-12H,13H2,1-2H3/q+1. The Kier molecular flexibility index (Phi) is 2.26. The van der Waals surface area contributed by atoms with Gasteiger partial charge in [-0.2, -0.15) is 4.57 Å². The highest BCUT2D eigenvalue weighted by atomic mass is 16.5. The van der Waals surface area contributed by atoms with Gasteiger partial charge in [0.2, 0.25) is 5.69 Å². The Morgan fingerprint density at radius 3 is 2.56 bits per heavy atom. The Balaban J connectivity index is 1.85. The number of ether oxygens (including phenoxy) is 1. The average Bonchev–Trinajstić information content (AvgIpc) is 2.87. The first kappa shape index (κ1) is 13.4. The van der Waals surface area contributed by atoms with Crippen molar-refractivity contribution in [2.24, 2.45) is 0 Å². The fraction of sp³-hybridized carbons (Fsp3) is 0.174. The molecule has 3 aromatic carbocycles. The molecule has 2 nitrogen and oxygen atoms in total. The van der Waals surface area contributed by atoms with E-state index in [1.165, 1.54) is 43.9 Å². The molecule has 25 heavy (non-hydrogen) atoms. The second kappa shape index (κ2) is 4.20. The molecule has 1 aliphatic heterocycles. The lowest BCUT2D eigenvalue weighted by atomic mass is 9.80. The van der Waals surface area contributed by atoms with Gasteiger partial charge in [-0.15, -0.1) is 0 Å². The van der Waals surface area contributed by atoms with Crippen LogP contribution < -0.4 is 9.30 Å². The van der Waals surface area contributed by atoms with Crippen molar-refractivity contribution in [1.82, 2.24) is 0 Å². The second-order valence-corrected chi connectivity index (χ2v) is 7.69. The molecule has 1 aliphatic carbocycles. The molecule has 4 aromatic rings. The van der Waals surface area contributed by atoms with Crippen LogP contribution in [-0.4, -0.2) is 0 Å². The van der Waals surface area contributed by atoms with Gasteiger partial charge in [0.05, 0.1) is 5.56 Å². The molecule has 120 valence electrons. The van der Waals surface area contributed by atoms with Crippen LogP contribution >= 0.6 is 0 Å². The van der Waals surface area contributed by atoms with Crippen molar-refractivity contribution >= 4 is 21.5 Å². The summed E-state index contributed by atoms with van der Waals surface area (Å²) in [6, 6.07) is 19.8. The third-order valence-electron chi connectivity index (χ3n) is 5.93. The molecular formula is C23H18NO+. The number of nitrogens with zero attached hydrogens (tertiary/aromatic N) is 1. The minimum absolute atomic E-state index is 0.0297. The molecule has 6 rings (SSSR count). The monoisotopic (exact) mass is 324 g/mol. The largest absolute Gasteiger partial charge is 0.435 e. The van der Waals surface area contributed by atoms with Crippen LogP contribution in [0.4, 0.5) is 0 Å². The second-order valence-electron chi connectivity index (χ2n) is 7.69. The predicted octanol–water partition coefficient (Wildman–Crippen LogP) is 4.94. The first-order valence-electron chi connectivity index (χ1n) is 8.81. The quantitative estimate of drug-likeness (QED) is 0.330. The maximum Gasteiger partial charge on any atom is 0.292 e. The SMILES string of the molecule is CC1(C)c2cccc3c2-c2c1c1cc4ccccc4cc1c[n+]2CO3. The van der Waals surface area contributed by atoms with E-state index in [1.54, 1.807) is 0 Å². The van der Waals surface area contributed by atoms with Crippen molar-refractivity contribution in [2.75, 3.05) is 0 Å². The molecule has 0 N–H and O–H groups in total. The topological polar surface area (TPSA) is 13.1 Å². The van der Waals surface area contributed by atoms with Crippen LogP contribution in [0.5, 0.6) is 5.75 Å². The molecule has 0 saturated heterocycles. The Morgan fingerprint density at radius 2 is 1.72 bits per heavy atom. The molecule has 0 spiro atoms. The van der Waals surface area contributed by atoms with E-state index in [-0.39, 0.29) is 5.41 Å². The van der Waals surface area contributed by atoms with Crippen molar-refractivity contribution in [1.29, 1.82) is 0 Å². The molecule has 0 radical (unpaired) electrons. The molecule has 0 bridgehead atoms. The van der Waals surface area contributed by atoms with Crippen LogP contribution in [0, 0.1) is 0 Å². The lowest BCUT2D eigenvalue weighted by molar-refractivity contribution is -0.716. The summed E-state index contributed by atoms with van der Waals surface area (Å²) in [4.78, 5) is 0. The van der Waals surface area contributed by atoms with Gasteiger partial charge in [-0.3, -0.25) is 0 Å². The molecule has 0 unspecified atom stereocenters. The Bertz CT molecular complexity index is 1220. The summed E-state index contributed by atoms with van der Waals surface area (Å²) in [6.45, 7) is 5.26. The van der Waals surface area contributed by atoms with E-state index in [9.17, 15) is 0 Å². The Hall–Kier alpha value is -2.87. The lowest BCUT2D eigenvalue weighted by Crippen LogP contribution is -2.41. The zero-order chi connectivity index (χ0) is 16.8. The first-order chi connectivity index (χ1) is 12.1. The van der Waals surface area contributed by atoms with Crippen LogP contribution in [0.3, 0.4) is 0 Å². The zero-order valence-corrected chi connectivity index (χ0v) is 14.3. The molecule has 2 aliphatic rings. The number of benzene rings is 3. The molecule has 0 atom stereocenters. The van der Waals surface area contributed by atoms with Gasteiger partial charge in [0.15, 0.2) is 6.20 Å². The minimum atomic E-state index is -0.0297. The number of fused-ring (bicyclic) bond motifs is 3. The summed E-state index contributed by atoms with van der Waals surface area (Å²) in [5.41, 5.74) is 5.39. The van der Waals surface area contributed by atoms with E-state index in [0.29, 0.717) is 6.73 Å². The molecule has 0 amide bonds. The van der Waals surface area contributed by atoms with E-state index >= 15 is 0 Å². The van der Waals surface area contributed by atoms with Gasteiger partial charge in [0, 0.05) is 16.4 Å². The van der Waals surface area contributed by atoms with E-state index in [4.69, 9.17) is 4.74 Å². The number of rotatable bonds is 0. The summed E-state index contributed by atoms with van der Waals surface area (Å²) in [6.07, 6.45) is 2.25. The normalized spacial score (nSPS) is 16.1. The Labute approximate surface area is 146 Å². The summed E-state index contributed by atoms with van der Waals surface area (Å²) in [5.74, 6) is 1.02. The van der Waals surface area contributed by atoms with Crippen LogP contribution in [0.1, 0.15) is 25.0 Å². The predicted molar refractivity (Wildman–Crippen MR) is 99.8 cm³/mol. The Morgan fingerprint density at radius 1 is 0.920 bits per heavy atom. The highest BCUT2D eigenvalue weighted by Gasteiger charge is 2.46. The van der Waals surface area contributed by atoms with E-state index in [1.807, 2.05) is 0 Å². The van der Waals surface area contributed by atoms with Gasteiger partial charge >= 0.3 is 0 Å². The summed E-state index contributed by atoms with van der Waals surface area (Å²) in [5, 5.41) is 5.23. The molecule has 0 fully saturated rings. The minimum Gasteiger partial charge on any atom is -0.435 e. The molecule has 2 heteroatoms. The van der Waals surface area contributed by atoms with Gasteiger partial charge in [0.1, 0.15) is 5.75 Å². The molecule has 2 heterocycles. The number of hydrogen-bond donors (Lipinski definition) is 0. The smallest absolute Gasteiger partial charge is 0.292 e. The summed E-state index contributed by atoms with van der Waals surface area (Å²) >= 11 is 0. The zero-order valence-electron chi connectivity index (χ0n) is 14.3. The third-order valence-corrected chi connectivity index (χ3v) is 5.93. The van der Waals surface area contributed by atoms with Crippen LogP contribution in [-0.2, 0) is 12.1 Å². The van der Waals surface area contributed by atoms with Crippen molar-refractivity contribution in [3.63, 3.8) is 0 Å². The van der Waals surface area contributed by atoms with Gasteiger partial charge in [-0.05, 0) is 39.9 Å². The van der Waals surface area contributed by atoms with Gasteiger partial charge in [-0.1, -0.05) is 50.2 Å². The van der Waals surface area contributed by atoms with Gasteiger partial charge < -0.3 is 4.74 Å². The van der Waals surface area contributed by atoms with Crippen molar-refractivity contribution in [3.05, 3.63) is 71.9 Å². The lowest BCUT2D eigenvalue weighted by Gasteiger charge is -2.21. The van der Waals surface area contributed by atoms with Gasteiger partial charge in [0.25, 0.3) is 6.73 Å². The molecule has 0 saturated carbocycles.